The molecule has 1 saturated carbocycles. The second-order valence-electron chi connectivity index (χ2n) is 7.44. The fraction of sp³-hybridized carbons (Fsp3) is 0.350. The lowest BCUT2D eigenvalue weighted by Gasteiger charge is -2.13. The summed E-state index contributed by atoms with van der Waals surface area (Å²) in [6, 6.07) is 2.31. The third kappa shape index (κ3) is 4.92. The van der Waals surface area contributed by atoms with E-state index in [1.807, 2.05) is 0 Å². The van der Waals surface area contributed by atoms with Crippen LogP contribution in [0.3, 0.4) is 0 Å². The van der Waals surface area contributed by atoms with E-state index in [4.69, 9.17) is 0 Å². The van der Waals surface area contributed by atoms with Crippen LogP contribution in [0.15, 0.2) is 30.0 Å². The molecule has 1 N–H and O–H groups in total. The molecule has 1 amide bonds. The first-order valence-corrected chi connectivity index (χ1v) is 9.25. The molecular formula is C20H19F5N4O2. The summed E-state index contributed by atoms with van der Waals surface area (Å²) in [5.41, 5.74) is -2.50. The quantitative estimate of drug-likeness (QED) is 0.318. The molecule has 0 unspecified atom stereocenters. The van der Waals surface area contributed by atoms with Crippen molar-refractivity contribution in [3.05, 3.63) is 53.0 Å². The number of benzene rings is 1. The Morgan fingerprint density at radius 1 is 1.16 bits per heavy atom. The average molecular weight is 442 g/mol. The number of ketones is 1. The molecule has 1 aliphatic rings. The van der Waals surface area contributed by atoms with E-state index in [1.54, 1.807) is 14.1 Å². The van der Waals surface area contributed by atoms with E-state index in [0.29, 0.717) is 17.5 Å². The standard InChI is InChI=1S/C20H19F5N4O2/c1-10(30)13(9-28(2)3)19(31)26-12-6-14(21)18(15(22)7-12)29-16(11-4-5-11)8-17(27-29)20(23,24)25/h6-9,11H,4-5H2,1-3H3,(H,26,31). The highest BCUT2D eigenvalue weighted by atomic mass is 19.4. The van der Waals surface area contributed by atoms with Gasteiger partial charge in [-0.15, -0.1) is 0 Å². The van der Waals surface area contributed by atoms with Crippen LogP contribution < -0.4 is 5.32 Å². The van der Waals surface area contributed by atoms with Crippen LogP contribution in [0.4, 0.5) is 27.6 Å². The van der Waals surface area contributed by atoms with Crippen LogP contribution in [0.1, 0.15) is 37.1 Å². The molecule has 1 heterocycles. The lowest BCUT2D eigenvalue weighted by Crippen LogP contribution is -2.22. The Kier molecular flexibility index (Phi) is 5.88. The first kappa shape index (κ1) is 22.4. The number of aromatic nitrogens is 2. The van der Waals surface area contributed by atoms with Gasteiger partial charge in [0.25, 0.3) is 5.91 Å². The molecular weight excluding hydrogens is 423 g/mol. The summed E-state index contributed by atoms with van der Waals surface area (Å²) in [7, 11) is 3.17. The molecule has 6 nitrogen and oxygen atoms in total. The number of rotatable bonds is 6. The molecule has 11 heteroatoms. The van der Waals surface area contributed by atoms with Gasteiger partial charge in [0.1, 0.15) is 5.69 Å². The molecule has 0 saturated heterocycles. The maximum Gasteiger partial charge on any atom is 0.435 e. The second-order valence-corrected chi connectivity index (χ2v) is 7.44. The van der Waals surface area contributed by atoms with Gasteiger partial charge in [0, 0.05) is 37.6 Å². The van der Waals surface area contributed by atoms with Gasteiger partial charge in [0.05, 0.1) is 5.57 Å². The van der Waals surface area contributed by atoms with Crippen LogP contribution in [-0.2, 0) is 15.8 Å². The zero-order valence-corrected chi connectivity index (χ0v) is 16.8. The number of halogens is 5. The highest BCUT2D eigenvalue weighted by Gasteiger charge is 2.39. The van der Waals surface area contributed by atoms with Gasteiger partial charge in [0.2, 0.25) is 0 Å². The maximum absolute atomic E-state index is 14.8. The number of amides is 1. The molecule has 0 radical (unpaired) electrons. The van der Waals surface area contributed by atoms with E-state index >= 15 is 0 Å². The lowest BCUT2D eigenvalue weighted by atomic mass is 10.1. The van der Waals surface area contributed by atoms with Crippen LogP contribution in [-0.4, -0.2) is 40.5 Å². The highest BCUT2D eigenvalue weighted by Crippen LogP contribution is 2.43. The van der Waals surface area contributed by atoms with Gasteiger partial charge in [-0.3, -0.25) is 9.59 Å². The second kappa shape index (κ2) is 8.12. The largest absolute Gasteiger partial charge is 0.435 e. The van der Waals surface area contributed by atoms with E-state index in [-0.39, 0.29) is 22.9 Å². The first-order chi connectivity index (χ1) is 14.4. The number of hydrogen-bond acceptors (Lipinski definition) is 4. The summed E-state index contributed by atoms with van der Waals surface area (Å²) in [6.45, 7) is 1.16. The van der Waals surface area contributed by atoms with Crippen molar-refractivity contribution < 1.29 is 31.5 Å². The SMILES string of the molecule is CC(=O)C(=CN(C)C)C(=O)Nc1cc(F)c(-n2nc(C(F)(F)F)cc2C2CC2)c(F)c1. The Bertz CT molecular complexity index is 1050. The molecule has 0 aliphatic heterocycles. The fourth-order valence-electron chi connectivity index (χ4n) is 2.99. The van der Waals surface area contributed by atoms with E-state index < -0.39 is 40.9 Å². The summed E-state index contributed by atoms with van der Waals surface area (Å²) >= 11 is 0. The van der Waals surface area contributed by atoms with Gasteiger partial charge in [0.15, 0.2) is 23.1 Å². The Balaban J connectivity index is 1.98. The van der Waals surface area contributed by atoms with Crippen molar-refractivity contribution in [1.29, 1.82) is 0 Å². The Morgan fingerprint density at radius 2 is 1.74 bits per heavy atom. The van der Waals surface area contributed by atoms with Crippen molar-refractivity contribution in [2.24, 2.45) is 0 Å². The minimum absolute atomic E-state index is 0.0645. The highest BCUT2D eigenvalue weighted by molar-refractivity contribution is 6.22. The van der Waals surface area contributed by atoms with Gasteiger partial charge < -0.3 is 10.2 Å². The van der Waals surface area contributed by atoms with Crippen LogP contribution in [0, 0.1) is 11.6 Å². The minimum atomic E-state index is -4.77. The first-order valence-electron chi connectivity index (χ1n) is 9.25. The number of alkyl halides is 3. The summed E-state index contributed by atoms with van der Waals surface area (Å²) in [6.07, 6.45) is -2.33. The summed E-state index contributed by atoms with van der Waals surface area (Å²) in [4.78, 5) is 25.4. The molecule has 1 aromatic heterocycles. The molecule has 3 rings (SSSR count). The van der Waals surface area contributed by atoms with Crippen LogP contribution in [0.25, 0.3) is 5.69 Å². The van der Waals surface area contributed by atoms with E-state index in [1.165, 1.54) is 11.1 Å². The number of hydrogen-bond donors (Lipinski definition) is 1. The number of nitrogens with one attached hydrogen (secondary N) is 1. The van der Waals surface area contributed by atoms with Crippen molar-refractivity contribution in [2.75, 3.05) is 19.4 Å². The van der Waals surface area contributed by atoms with Crippen LogP contribution >= 0.6 is 0 Å². The van der Waals surface area contributed by atoms with E-state index in [9.17, 15) is 31.5 Å². The topological polar surface area (TPSA) is 67.2 Å². The molecule has 166 valence electrons. The van der Waals surface area contributed by atoms with Gasteiger partial charge in [-0.2, -0.15) is 18.3 Å². The van der Waals surface area contributed by atoms with Gasteiger partial charge in [-0.1, -0.05) is 0 Å². The molecule has 1 aromatic carbocycles. The summed E-state index contributed by atoms with van der Waals surface area (Å²) in [5.74, 6) is -4.14. The zero-order valence-electron chi connectivity index (χ0n) is 16.8. The predicted molar refractivity (Wildman–Crippen MR) is 102 cm³/mol. The van der Waals surface area contributed by atoms with Gasteiger partial charge >= 0.3 is 6.18 Å². The Hall–Kier alpha value is -3.24. The van der Waals surface area contributed by atoms with Gasteiger partial charge in [-0.05, 0) is 38.0 Å². The molecule has 1 aliphatic carbocycles. The normalized spacial score (nSPS) is 14.5. The number of carbonyl (C=O) groups excluding carboxylic acids is 2. The molecule has 0 bridgehead atoms. The van der Waals surface area contributed by atoms with E-state index in [2.05, 4.69) is 10.4 Å². The fourth-order valence-corrected chi connectivity index (χ4v) is 2.99. The number of Topliss-reactive ketones (excluding diaryl/α,β-unsaturated/α-hetero) is 1. The summed E-state index contributed by atoms with van der Waals surface area (Å²) in [5, 5.41) is 5.60. The molecule has 31 heavy (non-hydrogen) atoms. The smallest absolute Gasteiger partial charge is 0.383 e. The van der Waals surface area contributed by atoms with Gasteiger partial charge in [-0.25, -0.2) is 13.5 Å². The van der Waals surface area contributed by atoms with Crippen LogP contribution in [0.2, 0.25) is 0 Å². The third-order valence-corrected chi connectivity index (χ3v) is 4.52. The molecule has 0 spiro atoms. The maximum atomic E-state index is 14.8. The molecule has 2 aromatic rings. The zero-order chi connectivity index (χ0) is 23.1. The Morgan fingerprint density at radius 3 is 2.19 bits per heavy atom. The third-order valence-electron chi connectivity index (χ3n) is 4.52. The number of nitrogens with zero attached hydrogens (tertiary/aromatic N) is 3. The lowest BCUT2D eigenvalue weighted by molar-refractivity contribution is -0.141. The number of anilines is 1. The van der Waals surface area contributed by atoms with Crippen molar-refractivity contribution in [1.82, 2.24) is 14.7 Å². The Labute approximate surface area is 174 Å². The van der Waals surface area contributed by atoms with Crippen molar-refractivity contribution in [3.8, 4) is 5.69 Å². The van der Waals surface area contributed by atoms with E-state index in [0.717, 1.165) is 25.1 Å². The number of carbonyl (C=O) groups is 2. The molecule has 0 atom stereocenters. The van der Waals surface area contributed by atoms with Crippen molar-refractivity contribution in [2.45, 2.75) is 31.9 Å². The monoisotopic (exact) mass is 442 g/mol. The van der Waals surface area contributed by atoms with Crippen molar-refractivity contribution in [3.63, 3.8) is 0 Å². The summed E-state index contributed by atoms with van der Waals surface area (Å²) < 4.78 is 69.4. The van der Waals surface area contributed by atoms with Crippen LogP contribution in [0.5, 0.6) is 0 Å². The predicted octanol–water partition coefficient (Wildman–Crippen LogP) is 4.02. The minimum Gasteiger partial charge on any atom is -0.383 e. The van der Waals surface area contributed by atoms with Crippen molar-refractivity contribution >= 4 is 17.4 Å². The average Bonchev–Trinajstić information content (AvgIpc) is 3.37. The molecule has 1 fully saturated rings.